The summed E-state index contributed by atoms with van der Waals surface area (Å²) in [6.45, 7) is 2.37. The Morgan fingerprint density at radius 2 is 1.57 bits per heavy atom. The molecular weight excluding hydrogens is 292 g/mol. The molecule has 21 heavy (non-hydrogen) atoms. The van der Waals surface area contributed by atoms with Crippen LogP contribution in [0.5, 0.6) is 0 Å². The number of aliphatic hydroxyl groups excluding tert-OH is 2. The van der Waals surface area contributed by atoms with Crippen LogP contribution in [0.1, 0.15) is 6.92 Å². The van der Waals surface area contributed by atoms with Gasteiger partial charge in [0.15, 0.2) is 0 Å². The fourth-order valence-electron chi connectivity index (χ4n) is 0.195. The van der Waals surface area contributed by atoms with Gasteiger partial charge in [-0.3, -0.25) is 9.59 Å². The third-order valence-electron chi connectivity index (χ3n) is 0.787. The van der Waals surface area contributed by atoms with E-state index in [-0.39, 0.29) is 32.8 Å². The first-order valence-electron chi connectivity index (χ1n) is 5.57. The molecule has 128 valence electrons. The topological polar surface area (TPSA) is 214 Å². The fraction of sp³-hybridized carbons (Fsp3) is 0.778. The van der Waals surface area contributed by atoms with Gasteiger partial charge in [-0.25, -0.2) is 0 Å². The van der Waals surface area contributed by atoms with Crippen molar-refractivity contribution in [2.75, 3.05) is 39.5 Å². The van der Waals surface area contributed by atoms with Gasteiger partial charge in [0, 0.05) is 26.6 Å². The Kier molecular flexibility index (Phi) is 40.4. The van der Waals surface area contributed by atoms with Crippen LogP contribution in [-0.4, -0.2) is 67.2 Å². The van der Waals surface area contributed by atoms with Gasteiger partial charge in [-0.15, -0.1) is 10.1 Å². The summed E-state index contributed by atoms with van der Waals surface area (Å²) in [5.74, 6) is -0.579. The Morgan fingerprint density at radius 3 is 1.62 bits per heavy atom. The number of hydrogen-bond donors (Lipinski definition) is 5. The zero-order chi connectivity index (χ0) is 17.5. The van der Waals surface area contributed by atoms with E-state index in [1.165, 1.54) is 0 Å². The molecule has 0 aromatic rings. The molecule has 0 radical (unpaired) electrons. The van der Waals surface area contributed by atoms with Crippen LogP contribution in [0.4, 0.5) is 0 Å². The Morgan fingerprint density at radius 1 is 1.19 bits per heavy atom. The van der Waals surface area contributed by atoms with E-state index in [4.69, 9.17) is 27.4 Å². The molecule has 0 aliphatic rings. The van der Waals surface area contributed by atoms with E-state index in [1.807, 2.05) is 0 Å². The lowest BCUT2D eigenvalue weighted by Gasteiger charge is -1.89. The number of carbonyl (C=O) groups is 2. The second-order valence-corrected chi connectivity index (χ2v) is 2.58. The summed E-state index contributed by atoms with van der Waals surface area (Å²) < 4.78 is 3.72. The summed E-state index contributed by atoms with van der Waals surface area (Å²) in [6.07, 6.45) is 0. The number of carbonyl (C=O) groups excluding carboxylic acids is 2. The summed E-state index contributed by atoms with van der Waals surface area (Å²) in [7, 11) is 0. The van der Waals surface area contributed by atoms with E-state index in [1.54, 1.807) is 0 Å². The highest BCUT2D eigenvalue weighted by atomic mass is 16.9. The number of nitrogens with two attached hydrogens (primary N) is 3. The van der Waals surface area contributed by atoms with Crippen LogP contribution < -0.4 is 17.2 Å². The van der Waals surface area contributed by atoms with Crippen LogP contribution in [0, 0.1) is 10.1 Å². The molecule has 8 N–H and O–H groups in total. The summed E-state index contributed by atoms with van der Waals surface area (Å²) in [5.41, 5.74) is 14.4. The molecule has 0 saturated carbocycles. The van der Waals surface area contributed by atoms with Crippen LogP contribution in [0.25, 0.3) is 0 Å². The number of ether oxygens (including phenoxy) is 1. The van der Waals surface area contributed by atoms with Crippen molar-refractivity contribution in [3.63, 3.8) is 0 Å². The van der Waals surface area contributed by atoms with Crippen LogP contribution in [0.3, 0.4) is 0 Å². The predicted octanol–water partition coefficient (Wildman–Crippen LogP) is -3.27. The summed E-state index contributed by atoms with van der Waals surface area (Å²) in [5, 5.41) is 23.9. The largest absolute Gasteiger partial charge is 0.396 e. The van der Waals surface area contributed by atoms with Gasteiger partial charge in [0.05, 0.1) is 13.2 Å². The first-order valence-corrected chi connectivity index (χ1v) is 5.57. The van der Waals surface area contributed by atoms with E-state index in [0.29, 0.717) is 13.1 Å². The smallest absolute Gasteiger partial charge is 0.310 e. The minimum atomic E-state index is -0.868. The molecule has 0 amide bonds. The Labute approximate surface area is 121 Å². The van der Waals surface area contributed by atoms with Crippen molar-refractivity contribution in [1.29, 1.82) is 0 Å². The molecule has 0 aromatic heterocycles. The molecule has 0 rings (SSSR count). The van der Waals surface area contributed by atoms with Gasteiger partial charge in [0.1, 0.15) is 6.61 Å². The standard InChI is InChI=1S/C3H4O3.C2H6N2O3.2C2H7NO/c1-3(5)6-2-4;3-1-2-7-4(5)6;2*3-1-2-4/h2H,1H3;1-3H2;2*4H,1-3H2. The summed E-state index contributed by atoms with van der Waals surface area (Å²) in [6, 6.07) is 0. The predicted molar refractivity (Wildman–Crippen MR) is 72.1 cm³/mol. The maximum absolute atomic E-state index is 9.59. The zero-order valence-corrected chi connectivity index (χ0v) is 11.8. The Balaban J connectivity index is -0.0000000948. The van der Waals surface area contributed by atoms with E-state index >= 15 is 0 Å². The number of aliphatic hydroxyl groups is 2. The molecular formula is C9H24N4O8. The van der Waals surface area contributed by atoms with Gasteiger partial charge in [-0.2, -0.15) is 0 Å². The van der Waals surface area contributed by atoms with Crippen molar-refractivity contribution in [3.8, 4) is 0 Å². The minimum Gasteiger partial charge on any atom is -0.396 e. The molecule has 0 unspecified atom stereocenters. The highest BCUT2D eigenvalue weighted by molar-refractivity contribution is 5.73. The van der Waals surface area contributed by atoms with Crippen molar-refractivity contribution < 1.29 is 34.5 Å². The first-order chi connectivity index (χ1) is 9.87. The summed E-state index contributed by atoms with van der Waals surface area (Å²) in [4.78, 5) is 31.8. The second-order valence-electron chi connectivity index (χ2n) is 2.58. The average molecular weight is 316 g/mol. The third-order valence-corrected chi connectivity index (χ3v) is 0.787. The zero-order valence-electron chi connectivity index (χ0n) is 11.8. The van der Waals surface area contributed by atoms with Crippen molar-refractivity contribution in [1.82, 2.24) is 0 Å². The van der Waals surface area contributed by atoms with Crippen molar-refractivity contribution in [2.24, 2.45) is 17.2 Å². The number of esters is 1. The van der Waals surface area contributed by atoms with Gasteiger partial charge in [0.2, 0.25) is 0 Å². The van der Waals surface area contributed by atoms with Crippen LogP contribution in [-0.2, 0) is 19.2 Å². The molecule has 0 aliphatic heterocycles. The molecule has 0 heterocycles. The van der Waals surface area contributed by atoms with Crippen LogP contribution in [0.15, 0.2) is 0 Å². The highest BCUT2D eigenvalue weighted by Crippen LogP contribution is 1.68. The van der Waals surface area contributed by atoms with Crippen LogP contribution in [0.2, 0.25) is 0 Å². The van der Waals surface area contributed by atoms with E-state index in [0.717, 1.165) is 6.92 Å². The van der Waals surface area contributed by atoms with Crippen LogP contribution >= 0.6 is 0 Å². The van der Waals surface area contributed by atoms with Crippen molar-refractivity contribution in [3.05, 3.63) is 10.1 Å². The lowest BCUT2D eigenvalue weighted by Crippen LogP contribution is -2.11. The maximum Gasteiger partial charge on any atom is 0.310 e. The highest BCUT2D eigenvalue weighted by Gasteiger charge is 1.87. The molecule has 12 nitrogen and oxygen atoms in total. The molecule has 0 aliphatic carbocycles. The van der Waals surface area contributed by atoms with Gasteiger partial charge < -0.3 is 37.0 Å². The molecule has 0 atom stereocenters. The van der Waals surface area contributed by atoms with E-state index in [2.05, 4.69) is 9.57 Å². The monoisotopic (exact) mass is 316 g/mol. The van der Waals surface area contributed by atoms with Gasteiger partial charge in [-0.1, -0.05) is 0 Å². The minimum absolute atomic E-state index is 0.0208. The molecule has 12 heteroatoms. The molecule has 0 saturated heterocycles. The molecule has 0 bridgehead atoms. The van der Waals surface area contributed by atoms with E-state index in [9.17, 15) is 19.7 Å². The lowest BCUT2D eigenvalue weighted by atomic mass is 10.8. The average Bonchev–Trinajstić information content (AvgIpc) is 2.46. The Hall–Kier alpha value is -1.86. The van der Waals surface area contributed by atoms with Gasteiger partial charge in [-0.05, 0) is 0 Å². The summed E-state index contributed by atoms with van der Waals surface area (Å²) >= 11 is 0. The van der Waals surface area contributed by atoms with Crippen molar-refractivity contribution >= 4 is 12.4 Å². The molecule has 0 spiro atoms. The SMILES string of the molecule is CC(=O)OC=O.NCCO.NCCO.NCCO[N+](=O)[O-]. The fourth-order valence-corrected chi connectivity index (χ4v) is 0.195. The second kappa shape index (κ2) is 30.9. The normalized spacial score (nSPS) is 7.52. The van der Waals surface area contributed by atoms with Gasteiger partial charge >= 0.3 is 12.4 Å². The van der Waals surface area contributed by atoms with E-state index < -0.39 is 11.1 Å². The first kappa shape index (κ1) is 27.5. The number of rotatable bonds is 6. The number of hydrogen-bond acceptors (Lipinski definition) is 11. The third kappa shape index (κ3) is 92.7. The lowest BCUT2D eigenvalue weighted by molar-refractivity contribution is -0.757. The molecule has 0 aromatic carbocycles. The quantitative estimate of drug-likeness (QED) is 0.108. The van der Waals surface area contributed by atoms with Crippen molar-refractivity contribution in [2.45, 2.75) is 6.92 Å². The Bertz CT molecular complexity index is 222. The van der Waals surface area contributed by atoms with Gasteiger partial charge in [0.25, 0.3) is 5.09 Å². The maximum atomic E-state index is 9.59. The molecule has 0 fully saturated rings. The number of nitrogens with zero attached hydrogens (tertiary/aromatic N) is 1.